The van der Waals surface area contributed by atoms with Crippen molar-refractivity contribution < 1.29 is 18.7 Å². The van der Waals surface area contributed by atoms with E-state index in [0.29, 0.717) is 52.1 Å². The molecule has 1 aliphatic rings. The Morgan fingerprint density at radius 1 is 1.17 bits per heavy atom. The van der Waals surface area contributed by atoms with Gasteiger partial charge in [0.2, 0.25) is 5.43 Å². The topological polar surface area (TPSA) is 131 Å². The third-order valence-corrected chi connectivity index (χ3v) is 8.10. The number of benzene rings is 1. The predicted octanol–water partition coefficient (Wildman–Crippen LogP) is 3.81. The van der Waals surface area contributed by atoms with Gasteiger partial charge in [-0.05, 0) is 33.0 Å². The van der Waals surface area contributed by atoms with Gasteiger partial charge in [0.25, 0.3) is 0 Å². The van der Waals surface area contributed by atoms with E-state index in [-0.39, 0.29) is 22.5 Å². The van der Waals surface area contributed by atoms with E-state index in [1.807, 2.05) is 14.1 Å². The number of carboxylic acid groups (broad SMARTS) is 1. The molecule has 1 aliphatic heterocycles. The number of halogens is 2. The maximum Gasteiger partial charge on any atom is 0.341 e. The highest BCUT2D eigenvalue weighted by atomic mass is 19.2. The number of aromatic nitrogens is 4. The lowest BCUT2D eigenvalue weighted by molar-refractivity contribution is 0.0695. The van der Waals surface area contributed by atoms with Gasteiger partial charge in [0.15, 0.2) is 17.3 Å². The van der Waals surface area contributed by atoms with E-state index in [2.05, 4.69) is 35.5 Å². The molecule has 1 unspecified atom stereocenters. The molecule has 5 heterocycles. The molecule has 11 nitrogen and oxygen atoms in total. The number of rotatable bonds is 6. The van der Waals surface area contributed by atoms with Crippen LogP contribution in [0.5, 0.6) is 0 Å². The van der Waals surface area contributed by atoms with Gasteiger partial charge in [0.05, 0.1) is 33.1 Å². The number of carboxylic acids is 1. The molecule has 1 saturated heterocycles. The van der Waals surface area contributed by atoms with Crippen LogP contribution in [0, 0.1) is 11.6 Å². The molecule has 218 valence electrons. The zero-order valence-corrected chi connectivity index (χ0v) is 23.5. The Balaban J connectivity index is 1.70. The fourth-order valence-electron chi connectivity index (χ4n) is 5.94. The summed E-state index contributed by atoms with van der Waals surface area (Å²) in [6.45, 7) is 1.29. The number of H-pyrrole nitrogens is 1. The first-order chi connectivity index (χ1) is 20.1. The Morgan fingerprint density at radius 3 is 2.64 bits per heavy atom. The molecular formula is C29H30F2N8O3. The van der Waals surface area contributed by atoms with Crippen LogP contribution in [0.25, 0.3) is 44.1 Å². The lowest BCUT2D eigenvalue weighted by Crippen LogP contribution is -2.45. The Kier molecular flexibility index (Phi) is 6.68. The quantitative estimate of drug-likeness (QED) is 0.238. The summed E-state index contributed by atoms with van der Waals surface area (Å²) >= 11 is 0. The van der Waals surface area contributed by atoms with Gasteiger partial charge in [-0.3, -0.25) is 4.79 Å². The Hall–Kier alpha value is -4.78. The fraction of sp³-hybridized carbons (Fsp3) is 0.310. The third kappa shape index (κ3) is 4.19. The van der Waals surface area contributed by atoms with Gasteiger partial charge in [-0.25, -0.2) is 28.2 Å². The molecule has 0 radical (unpaired) electrons. The highest BCUT2D eigenvalue weighted by Gasteiger charge is 2.29. The zero-order chi connectivity index (χ0) is 29.9. The van der Waals surface area contributed by atoms with Crippen LogP contribution in [-0.2, 0) is 0 Å². The average molecular weight is 577 g/mol. The van der Waals surface area contributed by atoms with Crippen molar-refractivity contribution in [2.45, 2.75) is 18.9 Å². The van der Waals surface area contributed by atoms with E-state index in [4.69, 9.17) is 0 Å². The number of fused-ring (bicyclic) bond motifs is 4. The molecule has 0 aliphatic carbocycles. The van der Waals surface area contributed by atoms with Crippen molar-refractivity contribution in [2.75, 3.05) is 56.9 Å². The number of aromatic amines is 1. The molecule has 5 aromatic rings. The Morgan fingerprint density at radius 2 is 1.95 bits per heavy atom. The first-order valence-electron chi connectivity index (χ1n) is 13.5. The minimum atomic E-state index is -1.36. The largest absolute Gasteiger partial charge is 0.477 e. The van der Waals surface area contributed by atoms with E-state index < -0.39 is 28.6 Å². The number of aromatic carboxylic acids is 1. The van der Waals surface area contributed by atoms with Crippen LogP contribution in [0.3, 0.4) is 0 Å². The second kappa shape index (κ2) is 10.2. The highest BCUT2D eigenvalue weighted by molar-refractivity contribution is 6.18. The normalized spacial score (nSPS) is 15.7. The SMILES string of the molecule is CNc1cc(F)c(F)c2c1[nH]c1ncc(-c3cnc4c(c3)c(=O)c(C(=O)O)cn4NC)c(N3CCCC(N(C)C)C3)c12. The summed E-state index contributed by atoms with van der Waals surface area (Å²) in [6, 6.07) is 2.90. The number of anilines is 2. The van der Waals surface area contributed by atoms with Crippen molar-refractivity contribution in [3.05, 3.63) is 58.1 Å². The van der Waals surface area contributed by atoms with Gasteiger partial charge in [-0.2, -0.15) is 0 Å². The average Bonchev–Trinajstić information content (AvgIpc) is 3.38. The van der Waals surface area contributed by atoms with Crippen LogP contribution in [-0.4, -0.2) is 82.9 Å². The molecule has 0 amide bonds. The number of piperidine rings is 1. The Labute approximate surface area is 238 Å². The van der Waals surface area contributed by atoms with Crippen molar-refractivity contribution in [3.8, 4) is 11.1 Å². The maximum absolute atomic E-state index is 15.6. The van der Waals surface area contributed by atoms with Crippen molar-refractivity contribution in [1.82, 2.24) is 24.5 Å². The monoisotopic (exact) mass is 576 g/mol. The van der Waals surface area contributed by atoms with Gasteiger partial charge in [-0.15, -0.1) is 0 Å². The van der Waals surface area contributed by atoms with E-state index in [0.717, 1.165) is 18.9 Å². The van der Waals surface area contributed by atoms with E-state index in [9.17, 15) is 19.1 Å². The molecule has 4 aromatic heterocycles. The highest BCUT2D eigenvalue weighted by Crippen LogP contribution is 2.44. The number of hydrogen-bond acceptors (Lipinski definition) is 8. The molecule has 42 heavy (non-hydrogen) atoms. The lowest BCUT2D eigenvalue weighted by atomic mass is 9.98. The van der Waals surface area contributed by atoms with E-state index >= 15 is 4.39 Å². The number of nitrogens with one attached hydrogen (secondary N) is 3. The summed E-state index contributed by atoms with van der Waals surface area (Å²) in [5.74, 6) is -3.34. The molecular weight excluding hydrogens is 546 g/mol. The van der Waals surface area contributed by atoms with Crippen LogP contribution in [0.1, 0.15) is 23.2 Å². The van der Waals surface area contributed by atoms with Crippen LogP contribution < -0.4 is 21.1 Å². The summed E-state index contributed by atoms with van der Waals surface area (Å²) < 4.78 is 31.9. The molecule has 1 atom stereocenters. The van der Waals surface area contributed by atoms with Crippen LogP contribution in [0.15, 0.2) is 35.5 Å². The molecule has 1 fully saturated rings. The maximum atomic E-state index is 15.6. The van der Waals surface area contributed by atoms with Crippen molar-refractivity contribution in [1.29, 1.82) is 0 Å². The van der Waals surface area contributed by atoms with E-state index in [1.165, 1.54) is 10.9 Å². The number of carbonyl (C=O) groups is 1. The van der Waals surface area contributed by atoms with Crippen LogP contribution in [0.2, 0.25) is 0 Å². The molecule has 0 bridgehead atoms. The number of nitrogens with zero attached hydrogens (tertiary/aromatic N) is 5. The summed E-state index contributed by atoms with van der Waals surface area (Å²) in [4.78, 5) is 41.6. The molecule has 6 rings (SSSR count). The third-order valence-electron chi connectivity index (χ3n) is 8.10. The Bertz CT molecular complexity index is 1950. The van der Waals surface area contributed by atoms with Crippen molar-refractivity contribution in [3.63, 3.8) is 0 Å². The second-order valence-electron chi connectivity index (χ2n) is 10.7. The van der Waals surface area contributed by atoms with Gasteiger partial charge in [0, 0.05) is 69.0 Å². The lowest BCUT2D eigenvalue weighted by Gasteiger charge is -2.38. The number of hydrogen-bond donors (Lipinski definition) is 4. The zero-order valence-electron chi connectivity index (χ0n) is 23.5. The van der Waals surface area contributed by atoms with Crippen LogP contribution in [0.4, 0.5) is 20.2 Å². The van der Waals surface area contributed by atoms with Gasteiger partial charge in [-0.1, -0.05) is 0 Å². The summed E-state index contributed by atoms with van der Waals surface area (Å²) in [5, 5.41) is 13.2. The van der Waals surface area contributed by atoms with Gasteiger partial charge >= 0.3 is 5.97 Å². The standard InChI is InChI=1S/C29H30F2N8O3/c1-32-20-9-19(30)23(31)21-22-25(38-7-5-6-15(12-38)37(3)4)17(11-34-27(22)36-24(20)21)14-8-16-26(40)18(29(41)42)13-39(33-2)28(16)35-10-14/h8-11,13,15,32-33H,5-7,12H2,1-4H3,(H,34,36)(H,41,42). The minimum Gasteiger partial charge on any atom is -0.477 e. The summed E-state index contributed by atoms with van der Waals surface area (Å²) in [6.07, 6.45) is 6.24. The minimum absolute atomic E-state index is 0.0742. The van der Waals surface area contributed by atoms with Gasteiger partial charge < -0.3 is 30.6 Å². The summed E-state index contributed by atoms with van der Waals surface area (Å²) in [5.41, 5.74) is 4.82. The molecule has 1 aromatic carbocycles. The van der Waals surface area contributed by atoms with Crippen LogP contribution >= 0.6 is 0 Å². The van der Waals surface area contributed by atoms with Crippen molar-refractivity contribution >= 4 is 50.3 Å². The van der Waals surface area contributed by atoms with Gasteiger partial charge in [0.1, 0.15) is 11.2 Å². The predicted molar refractivity (Wildman–Crippen MR) is 159 cm³/mol. The molecule has 0 spiro atoms. The molecule has 4 N–H and O–H groups in total. The molecule has 13 heteroatoms. The molecule has 0 saturated carbocycles. The fourth-order valence-corrected chi connectivity index (χ4v) is 5.94. The first-order valence-corrected chi connectivity index (χ1v) is 13.5. The number of likely N-dealkylation sites (N-methyl/N-ethyl adjacent to an activating group) is 1. The summed E-state index contributed by atoms with van der Waals surface area (Å²) in [7, 11) is 7.24. The second-order valence-corrected chi connectivity index (χ2v) is 10.7. The number of pyridine rings is 3. The smallest absolute Gasteiger partial charge is 0.341 e. The van der Waals surface area contributed by atoms with Crippen molar-refractivity contribution in [2.24, 2.45) is 0 Å². The van der Waals surface area contributed by atoms with E-state index in [1.54, 1.807) is 32.6 Å². The first kappa shape index (κ1) is 27.4.